The molecule has 2 aromatic rings. The maximum Gasteiger partial charge on any atom is 0.123 e. The zero-order valence-corrected chi connectivity index (χ0v) is 14.8. The van der Waals surface area contributed by atoms with Crippen LogP contribution in [0, 0.1) is 5.82 Å². The number of nitrogens with zero attached hydrogens (tertiary/aromatic N) is 2. The Morgan fingerprint density at radius 3 is 2.24 bits per heavy atom. The van der Waals surface area contributed by atoms with Gasteiger partial charge in [0, 0.05) is 38.3 Å². The van der Waals surface area contributed by atoms with Gasteiger partial charge in [-0.15, -0.1) is 0 Å². The molecule has 0 spiro atoms. The van der Waals surface area contributed by atoms with Crippen LogP contribution in [-0.4, -0.2) is 41.5 Å². The Morgan fingerprint density at radius 1 is 0.840 bits per heavy atom. The van der Waals surface area contributed by atoms with Crippen molar-refractivity contribution in [1.82, 2.24) is 9.80 Å². The second kappa shape index (κ2) is 7.27. The normalized spacial score (nSPS) is 20.5. The highest BCUT2D eigenvalue weighted by molar-refractivity contribution is 5.18. The third kappa shape index (κ3) is 4.10. The van der Waals surface area contributed by atoms with Gasteiger partial charge in [-0.2, -0.15) is 0 Å². The zero-order valence-electron chi connectivity index (χ0n) is 14.8. The van der Waals surface area contributed by atoms with E-state index in [2.05, 4.69) is 46.2 Å². The second-order valence-electron chi connectivity index (χ2n) is 7.60. The molecule has 4 rings (SSSR count). The fraction of sp³-hybridized carbons (Fsp3) is 0.455. The van der Waals surface area contributed by atoms with Crippen LogP contribution < -0.4 is 0 Å². The average Bonchev–Trinajstić information content (AvgIpc) is 3.43. The molecule has 1 heterocycles. The van der Waals surface area contributed by atoms with Gasteiger partial charge in [-0.25, -0.2) is 4.39 Å². The summed E-state index contributed by atoms with van der Waals surface area (Å²) in [7, 11) is 0. The predicted molar refractivity (Wildman–Crippen MR) is 100.0 cm³/mol. The van der Waals surface area contributed by atoms with Gasteiger partial charge in [0.1, 0.15) is 5.82 Å². The van der Waals surface area contributed by atoms with E-state index in [1.165, 1.54) is 24.5 Å². The minimum atomic E-state index is -0.114. The minimum absolute atomic E-state index is 0.114. The molecule has 3 heteroatoms. The maximum absolute atomic E-state index is 13.4. The average molecular weight is 338 g/mol. The molecule has 0 amide bonds. The van der Waals surface area contributed by atoms with Gasteiger partial charge in [0.05, 0.1) is 0 Å². The van der Waals surface area contributed by atoms with Crippen molar-refractivity contribution in [3.05, 3.63) is 71.5 Å². The summed E-state index contributed by atoms with van der Waals surface area (Å²) in [6, 6.07) is 17.9. The molecule has 1 saturated heterocycles. The summed E-state index contributed by atoms with van der Waals surface area (Å²) in [4.78, 5) is 5.27. The Morgan fingerprint density at radius 2 is 1.56 bits per heavy atom. The molecule has 0 unspecified atom stereocenters. The van der Waals surface area contributed by atoms with E-state index < -0.39 is 0 Å². The van der Waals surface area contributed by atoms with Crippen LogP contribution in [0.3, 0.4) is 0 Å². The molecule has 0 atom stereocenters. The molecule has 0 aromatic heterocycles. The van der Waals surface area contributed by atoms with Crippen LogP contribution in [0.15, 0.2) is 54.6 Å². The summed E-state index contributed by atoms with van der Waals surface area (Å²) in [5.74, 6) is -0.114. The molecule has 132 valence electrons. The molecule has 2 aliphatic rings. The van der Waals surface area contributed by atoms with Crippen molar-refractivity contribution in [3.8, 4) is 0 Å². The van der Waals surface area contributed by atoms with Crippen molar-refractivity contribution in [2.24, 2.45) is 0 Å². The number of benzene rings is 2. The molecule has 1 saturated carbocycles. The van der Waals surface area contributed by atoms with Gasteiger partial charge in [0.15, 0.2) is 0 Å². The molecule has 1 aliphatic carbocycles. The van der Waals surface area contributed by atoms with Crippen molar-refractivity contribution >= 4 is 0 Å². The Hall–Kier alpha value is -1.71. The van der Waals surface area contributed by atoms with E-state index >= 15 is 0 Å². The number of aryl methyl sites for hydroxylation is 1. The predicted octanol–water partition coefficient (Wildman–Crippen LogP) is 4.11. The van der Waals surface area contributed by atoms with Crippen LogP contribution in [0.25, 0.3) is 0 Å². The number of rotatable bonds is 6. The third-order valence-electron chi connectivity index (χ3n) is 5.89. The van der Waals surface area contributed by atoms with Gasteiger partial charge in [-0.3, -0.25) is 9.80 Å². The van der Waals surface area contributed by atoms with Crippen LogP contribution in [0.1, 0.15) is 30.4 Å². The second-order valence-corrected chi connectivity index (χ2v) is 7.60. The van der Waals surface area contributed by atoms with Crippen molar-refractivity contribution in [2.75, 3.05) is 26.2 Å². The first-order valence-electron chi connectivity index (χ1n) is 9.49. The van der Waals surface area contributed by atoms with Crippen molar-refractivity contribution < 1.29 is 4.39 Å². The van der Waals surface area contributed by atoms with Gasteiger partial charge >= 0.3 is 0 Å². The highest BCUT2D eigenvalue weighted by Crippen LogP contribution is 2.45. The van der Waals surface area contributed by atoms with Crippen LogP contribution >= 0.6 is 0 Å². The first-order valence-corrected chi connectivity index (χ1v) is 9.49. The van der Waals surface area contributed by atoms with Crippen LogP contribution in [-0.2, 0) is 13.0 Å². The van der Waals surface area contributed by atoms with Crippen molar-refractivity contribution in [1.29, 1.82) is 0 Å². The Balaban J connectivity index is 1.28. The first-order chi connectivity index (χ1) is 12.2. The third-order valence-corrected chi connectivity index (χ3v) is 5.89. The van der Waals surface area contributed by atoms with Crippen molar-refractivity contribution in [3.63, 3.8) is 0 Å². The summed E-state index contributed by atoms with van der Waals surface area (Å²) in [6.45, 7) is 5.68. The first kappa shape index (κ1) is 16.7. The summed E-state index contributed by atoms with van der Waals surface area (Å²) in [5.41, 5.74) is 2.93. The largest absolute Gasteiger partial charge is 0.297 e. The fourth-order valence-electron chi connectivity index (χ4n) is 4.16. The monoisotopic (exact) mass is 338 g/mol. The fourth-order valence-corrected chi connectivity index (χ4v) is 4.16. The molecule has 1 aliphatic heterocycles. The molecule has 0 radical (unpaired) electrons. The highest BCUT2D eigenvalue weighted by atomic mass is 19.1. The van der Waals surface area contributed by atoms with Crippen LogP contribution in [0.5, 0.6) is 0 Å². The van der Waals surface area contributed by atoms with Gasteiger partial charge in [0.2, 0.25) is 0 Å². The molecular formula is C22H27FN2. The van der Waals surface area contributed by atoms with Gasteiger partial charge in [-0.1, -0.05) is 42.5 Å². The Kier molecular flexibility index (Phi) is 4.87. The van der Waals surface area contributed by atoms with E-state index in [-0.39, 0.29) is 5.82 Å². The standard InChI is InChI=1S/C22H27FN2/c23-21-8-4-7-19(17-21)9-10-22(11-12-22)25-15-13-24(14-16-25)18-20-5-2-1-3-6-20/h1-8,17H,9-16,18H2. The van der Waals surface area contributed by atoms with E-state index in [4.69, 9.17) is 0 Å². The Labute approximate surface area is 150 Å². The van der Waals surface area contributed by atoms with E-state index in [1.807, 2.05) is 6.07 Å². The van der Waals surface area contributed by atoms with E-state index in [0.717, 1.165) is 51.1 Å². The number of piperazine rings is 1. The maximum atomic E-state index is 13.4. The summed E-state index contributed by atoms with van der Waals surface area (Å²) in [6.07, 6.45) is 4.76. The quantitative estimate of drug-likeness (QED) is 0.782. The topological polar surface area (TPSA) is 6.48 Å². The lowest BCUT2D eigenvalue weighted by Gasteiger charge is -2.40. The van der Waals surface area contributed by atoms with E-state index in [0.29, 0.717) is 5.54 Å². The zero-order chi connectivity index (χ0) is 17.1. The SMILES string of the molecule is Fc1cccc(CCC2(N3CCN(Cc4ccccc4)CC3)CC2)c1. The van der Waals surface area contributed by atoms with Crippen LogP contribution in [0.2, 0.25) is 0 Å². The van der Waals surface area contributed by atoms with E-state index in [1.54, 1.807) is 6.07 Å². The molecule has 2 fully saturated rings. The summed E-state index contributed by atoms with van der Waals surface area (Å²) in [5, 5.41) is 0. The molecule has 2 nitrogen and oxygen atoms in total. The van der Waals surface area contributed by atoms with Gasteiger partial charge < -0.3 is 0 Å². The lowest BCUT2D eigenvalue weighted by Crippen LogP contribution is -2.51. The van der Waals surface area contributed by atoms with Gasteiger partial charge in [0.25, 0.3) is 0 Å². The molecule has 0 bridgehead atoms. The lowest BCUT2D eigenvalue weighted by molar-refractivity contribution is 0.0768. The molecular weight excluding hydrogens is 311 g/mol. The Bertz CT molecular complexity index is 688. The number of hydrogen-bond donors (Lipinski definition) is 0. The van der Waals surface area contributed by atoms with E-state index in [9.17, 15) is 4.39 Å². The number of hydrogen-bond acceptors (Lipinski definition) is 2. The molecule has 2 aromatic carbocycles. The van der Waals surface area contributed by atoms with Crippen molar-refractivity contribution in [2.45, 2.75) is 37.8 Å². The van der Waals surface area contributed by atoms with Gasteiger partial charge in [-0.05, 0) is 48.9 Å². The highest BCUT2D eigenvalue weighted by Gasteiger charge is 2.47. The minimum Gasteiger partial charge on any atom is -0.297 e. The summed E-state index contributed by atoms with van der Waals surface area (Å²) >= 11 is 0. The molecule has 0 N–H and O–H groups in total. The van der Waals surface area contributed by atoms with Crippen LogP contribution in [0.4, 0.5) is 4.39 Å². The lowest BCUT2D eigenvalue weighted by atomic mass is 10.0. The molecule has 25 heavy (non-hydrogen) atoms. The summed E-state index contributed by atoms with van der Waals surface area (Å²) < 4.78 is 13.4. The number of halogens is 1. The smallest absolute Gasteiger partial charge is 0.123 e.